The minimum absolute atomic E-state index is 0.0506. The second kappa shape index (κ2) is 3.32. The molecule has 0 heterocycles. The highest BCUT2D eigenvalue weighted by atomic mass is 19.2. The topological polar surface area (TPSA) is 20.2 Å². The van der Waals surface area contributed by atoms with Gasteiger partial charge in [-0.05, 0) is 41.5 Å². The minimum atomic E-state index is -1.32. The van der Waals surface area contributed by atoms with Crippen LogP contribution in [0.5, 0.6) is 5.75 Å². The van der Waals surface area contributed by atoms with Crippen LogP contribution in [-0.2, 0) is 0 Å². The normalized spacial score (nSPS) is 15.7. The van der Waals surface area contributed by atoms with Crippen molar-refractivity contribution in [3.63, 3.8) is 0 Å². The lowest BCUT2D eigenvalue weighted by atomic mass is 9.78. The molecule has 2 aromatic rings. The van der Waals surface area contributed by atoms with E-state index in [0.717, 1.165) is 18.9 Å². The van der Waals surface area contributed by atoms with Crippen molar-refractivity contribution < 1.29 is 18.3 Å². The van der Waals surface area contributed by atoms with Crippen LogP contribution in [0.1, 0.15) is 24.3 Å². The average molecular weight is 262 g/mol. The largest absolute Gasteiger partial charge is 0.505 e. The van der Waals surface area contributed by atoms with Crippen molar-refractivity contribution in [2.45, 2.75) is 18.8 Å². The van der Waals surface area contributed by atoms with Crippen LogP contribution in [0.25, 0.3) is 22.3 Å². The van der Waals surface area contributed by atoms with Crippen molar-refractivity contribution in [3.05, 3.63) is 41.2 Å². The Morgan fingerprint density at radius 2 is 1.58 bits per heavy atom. The molecule has 2 aromatic carbocycles. The highest BCUT2D eigenvalue weighted by molar-refractivity contribution is 6.03. The average Bonchev–Trinajstić information content (AvgIpc) is 3.18. The van der Waals surface area contributed by atoms with E-state index in [2.05, 4.69) is 0 Å². The van der Waals surface area contributed by atoms with Crippen LogP contribution >= 0.6 is 0 Å². The van der Waals surface area contributed by atoms with Gasteiger partial charge in [0, 0.05) is 11.1 Å². The Hall–Kier alpha value is -1.97. The molecule has 0 amide bonds. The first-order valence-electron chi connectivity index (χ1n) is 6.13. The summed E-state index contributed by atoms with van der Waals surface area (Å²) in [6.07, 6.45) is 1.88. The summed E-state index contributed by atoms with van der Waals surface area (Å²) in [5.74, 6) is -3.47. The summed E-state index contributed by atoms with van der Waals surface area (Å²) in [7, 11) is 0. The number of rotatable bonds is 1. The van der Waals surface area contributed by atoms with Crippen LogP contribution in [0.3, 0.4) is 0 Å². The number of aromatic hydroxyl groups is 1. The Morgan fingerprint density at radius 3 is 2.26 bits per heavy atom. The van der Waals surface area contributed by atoms with Gasteiger partial charge in [0.25, 0.3) is 0 Å². The van der Waals surface area contributed by atoms with Gasteiger partial charge in [0.2, 0.25) is 5.82 Å². The van der Waals surface area contributed by atoms with Crippen LogP contribution in [0.2, 0.25) is 0 Å². The van der Waals surface area contributed by atoms with Crippen molar-refractivity contribution in [1.29, 1.82) is 0 Å². The summed E-state index contributed by atoms with van der Waals surface area (Å²) >= 11 is 0. The van der Waals surface area contributed by atoms with Gasteiger partial charge < -0.3 is 5.11 Å². The summed E-state index contributed by atoms with van der Waals surface area (Å²) in [6, 6.07) is 4.56. The number of halogens is 3. The summed E-state index contributed by atoms with van der Waals surface area (Å²) in [6.45, 7) is 0. The lowest BCUT2D eigenvalue weighted by Gasteiger charge is -2.26. The van der Waals surface area contributed by atoms with Gasteiger partial charge in [-0.1, -0.05) is 12.1 Å². The van der Waals surface area contributed by atoms with E-state index >= 15 is 0 Å². The van der Waals surface area contributed by atoms with Crippen LogP contribution in [-0.4, -0.2) is 5.11 Å². The first kappa shape index (κ1) is 10.9. The molecule has 4 rings (SSSR count). The maximum atomic E-state index is 14.3. The molecule has 1 fully saturated rings. The fraction of sp³-hybridized carbons (Fsp3) is 0.200. The fourth-order valence-corrected chi connectivity index (χ4v) is 2.78. The molecule has 0 aliphatic heterocycles. The van der Waals surface area contributed by atoms with Gasteiger partial charge in [0.1, 0.15) is 5.82 Å². The van der Waals surface area contributed by atoms with E-state index in [0.29, 0.717) is 16.7 Å². The molecule has 2 aliphatic carbocycles. The van der Waals surface area contributed by atoms with E-state index in [1.807, 2.05) is 0 Å². The van der Waals surface area contributed by atoms with Crippen molar-refractivity contribution in [2.75, 3.05) is 0 Å². The number of hydrogen-bond acceptors (Lipinski definition) is 1. The van der Waals surface area contributed by atoms with Gasteiger partial charge in [0.05, 0.1) is 0 Å². The number of phenolic OH excluding ortho intramolecular Hbond substituents is 1. The highest BCUT2D eigenvalue weighted by Crippen LogP contribution is 2.54. The first-order chi connectivity index (χ1) is 9.09. The molecule has 1 nitrogen and oxygen atoms in total. The zero-order chi connectivity index (χ0) is 13.3. The summed E-state index contributed by atoms with van der Waals surface area (Å²) < 4.78 is 41.5. The van der Waals surface area contributed by atoms with Crippen molar-refractivity contribution in [3.8, 4) is 28.0 Å². The van der Waals surface area contributed by atoms with Gasteiger partial charge in [-0.3, -0.25) is 0 Å². The molecule has 1 N–H and O–H groups in total. The number of benzene rings is 2. The molecule has 0 unspecified atom stereocenters. The number of hydrogen-bond donors (Lipinski definition) is 1. The monoisotopic (exact) mass is 262 g/mol. The number of fused-ring (bicyclic) bond motifs is 4. The molecule has 0 saturated heterocycles. The van der Waals surface area contributed by atoms with Crippen LogP contribution in [0.15, 0.2) is 18.2 Å². The molecular weight excluding hydrogens is 253 g/mol. The lowest BCUT2D eigenvalue weighted by molar-refractivity contribution is 0.408. The molecule has 0 radical (unpaired) electrons. The van der Waals surface area contributed by atoms with Gasteiger partial charge >= 0.3 is 0 Å². The summed E-state index contributed by atoms with van der Waals surface area (Å²) in [5.41, 5.74) is 1.58. The summed E-state index contributed by atoms with van der Waals surface area (Å²) in [4.78, 5) is 0. The second-order valence-electron chi connectivity index (χ2n) is 5.11. The molecule has 4 heteroatoms. The van der Waals surface area contributed by atoms with Crippen LogP contribution in [0, 0.1) is 17.5 Å². The quantitative estimate of drug-likeness (QED) is 0.691. The van der Waals surface area contributed by atoms with E-state index in [1.165, 1.54) is 0 Å². The predicted octanol–water partition coefficient (Wildman–Crippen LogP) is 4.33. The van der Waals surface area contributed by atoms with Crippen molar-refractivity contribution in [2.24, 2.45) is 0 Å². The Kier molecular flexibility index (Phi) is 1.91. The molecule has 0 spiro atoms. The maximum Gasteiger partial charge on any atom is 0.201 e. The van der Waals surface area contributed by atoms with Crippen LogP contribution in [0.4, 0.5) is 13.2 Å². The Balaban J connectivity index is 1.98. The van der Waals surface area contributed by atoms with E-state index in [9.17, 15) is 18.3 Å². The third-order valence-electron chi connectivity index (χ3n) is 3.92. The SMILES string of the molecule is Oc1cc2c(c(F)c1F)-c1c-2ccc(C2CC2)c1F. The highest BCUT2D eigenvalue weighted by Gasteiger charge is 2.36. The molecule has 0 aromatic heterocycles. The van der Waals surface area contributed by atoms with E-state index in [-0.39, 0.29) is 17.0 Å². The first-order valence-corrected chi connectivity index (χ1v) is 6.13. The molecule has 19 heavy (non-hydrogen) atoms. The molecule has 0 bridgehead atoms. The van der Waals surface area contributed by atoms with Gasteiger partial charge in [-0.25, -0.2) is 8.78 Å². The zero-order valence-electron chi connectivity index (χ0n) is 9.80. The van der Waals surface area contributed by atoms with Crippen molar-refractivity contribution in [1.82, 2.24) is 0 Å². The smallest absolute Gasteiger partial charge is 0.201 e. The molecule has 2 aliphatic rings. The molecular formula is C15H9F3O. The Bertz CT molecular complexity index is 733. The third-order valence-corrected chi connectivity index (χ3v) is 3.92. The molecule has 1 saturated carbocycles. The van der Waals surface area contributed by atoms with E-state index < -0.39 is 23.2 Å². The van der Waals surface area contributed by atoms with Gasteiger partial charge in [-0.2, -0.15) is 4.39 Å². The second-order valence-corrected chi connectivity index (χ2v) is 5.11. The fourth-order valence-electron chi connectivity index (χ4n) is 2.78. The van der Waals surface area contributed by atoms with Crippen LogP contribution < -0.4 is 0 Å². The van der Waals surface area contributed by atoms with E-state index in [1.54, 1.807) is 12.1 Å². The van der Waals surface area contributed by atoms with Gasteiger partial charge in [0.15, 0.2) is 11.6 Å². The molecule has 96 valence electrons. The lowest BCUT2D eigenvalue weighted by Crippen LogP contribution is -2.08. The zero-order valence-corrected chi connectivity index (χ0v) is 9.80. The van der Waals surface area contributed by atoms with E-state index in [4.69, 9.17) is 0 Å². The number of phenols is 1. The Labute approximate surface area is 107 Å². The van der Waals surface area contributed by atoms with Crippen molar-refractivity contribution >= 4 is 0 Å². The molecule has 0 atom stereocenters. The van der Waals surface area contributed by atoms with Gasteiger partial charge in [-0.15, -0.1) is 0 Å². The minimum Gasteiger partial charge on any atom is -0.505 e. The third kappa shape index (κ3) is 1.26. The maximum absolute atomic E-state index is 14.3. The Morgan fingerprint density at radius 1 is 0.895 bits per heavy atom. The summed E-state index contributed by atoms with van der Waals surface area (Å²) in [5, 5.41) is 9.28. The standard InChI is InChI=1S/C15H9F3O/c16-13-7(6-1-2-6)3-4-8-9-5-10(19)14(17)15(18)12(9)11(8)13/h3-6,19H,1-2H2. The predicted molar refractivity (Wildman–Crippen MR) is 64.4 cm³/mol.